The molecule has 188 valence electrons. The Morgan fingerprint density at radius 3 is 2.50 bits per heavy atom. The molecule has 9 nitrogen and oxygen atoms in total. The lowest BCUT2D eigenvalue weighted by Gasteiger charge is -2.29. The fourth-order valence-electron chi connectivity index (χ4n) is 4.27. The number of rotatable bonds is 6. The number of anilines is 1. The van der Waals surface area contributed by atoms with E-state index in [0.29, 0.717) is 29.9 Å². The minimum absolute atomic E-state index is 0.164. The van der Waals surface area contributed by atoms with Crippen LogP contribution in [0.25, 0.3) is 0 Å². The Morgan fingerprint density at radius 2 is 1.83 bits per heavy atom. The van der Waals surface area contributed by atoms with Crippen LogP contribution in [0.5, 0.6) is 0 Å². The highest BCUT2D eigenvalue weighted by atomic mass is 19.1. The lowest BCUT2D eigenvalue weighted by Crippen LogP contribution is -2.48. The van der Waals surface area contributed by atoms with Gasteiger partial charge in [0.2, 0.25) is 0 Å². The Bertz CT molecular complexity index is 1260. The van der Waals surface area contributed by atoms with E-state index in [-0.39, 0.29) is 25.0 Å². The van der Waals surface area contributed by atoms with E-state index in [9.17, 15) is 18.8 Å². The van der Waals surface area contributed by atoms with Crippen molar-refractivity contribution in [2.75, 3.05) is 18.6 Å². The predicted molar refractivity (Wildman–Crippen MR) is 131 cm³/mol. The summed E-state index contributed by atoms with van der Waals surface area (Å²) < 4.78 is 19.9. The molecule has 0 aliphatic carbocycles. The second-order valence-electron chi connectivity index (χ2n) is 8.60. The zero-order valence-electron chi connectivity index (χ0n) is 20.4. The summed E-state index contributed by atoms with van der Waals surface area (Å²) >= 11 is 0. The van der Waals surface area contributed by atoms with Gasteiger partial charge in [0, 0.05) is 42.5 Å². The maximum absolute atomic E-state index is 13.5. The van der Waals surface area contributed by atoms with Crippen molar-refractivity contribution in [1.29, 1.82) is 0 Å². The minimum Gasteiger partial charge on any atom is -0.467 e. The number of nitrogens with zero attached hydrogens (tertiary/aromatic N) is 4. The molecular weight excluding hydrogens is 465 g/mol. The molecule has 1 N–H and O–H groups in total. The van der Waals surface area contributed by atoms with Crippen LogP contribution in [0.15, 0.2) is 54.6 Å². The maximum Gasteiger partial charge on any atom is 0.328 e. The summed E-state index contributed by atoms with van der Waals surface area (Å²) in [7, 11) is 3.11. The standard InChI is InChI=1S/C26H28FN5O4/c1-17(25(34)36-3)28-26(35)31-14-13-23-21(15-31)22(29-30(23)2)16-32(20-7-5-4-6-8-20)24(33)18-9-11-19(27)12-10-18/h4-12,17H,13-16H2,1-3H3,(H,28,35). The Balaban J connectivity index is 1.61. The van der Waals surface area contributed by atoms with Crippen molar-refractivity contribution in [3.05, 3.63) is 82.9 Å². The van der Waals surface area contributed by atoms with Crippen LogP contribution in [0.2, 0.25) is 0 Å². The average Bonchev–Trinajstić information content (AvgIpc) is 3.21. The molecule has 2 aromatic carbocycles. The molecule has 10 heteroatoms. The number of fused-ring (bicyclic) bond motifs is 1. The zero-order valence-corrected chi connectivity index (χ0v) is 20.4. The van der Waals surface area contributed by atoms with E-state index >= 15 is 0 Å². The molecule has 1 aliphatic rings. The number of ether oxygens (including phenoxy) is 1. The quantitative estimate of drug-likeness (QED) is 0.533. The van der Waals surface area contributed by atoms with Gasteiger partial charge in [0.05, 0.1) is 25.9 Å². The van der Waals surface area contributed by atoms with Gasteiger partial charge in [-0.2, -0.15) is 5.10 Å². The van der Waals surface area contributed by atoms with Crippen molar-refractivity contribution in [3.63, 3.8) is 0 Å². The second-order valence-corrected chi connectivity index (χ2v) is 8.60. The van der Waals surface area contributed by atoms with Gasteiger partial charge in [-0.1, -0.05) is 18.2 Å². The van der Waals surface area contributed by atoms with Crippen molar-refractivity contribution in [2.45, 2.75) is 32.5 Å². The molecule has 0 saturated heterocycles. The molecule has 0 fully saturated rings. The van der Waals surface area contributed by atoms with Gasteiger partial charge in [0.25, 0.3) is 5.91 Å². The van der Waals surface area contributed by atoms with Crippen LogP contribution < -0.4 is 10.2 Å². The Hall–Kier alpha value is -4.21. The summed E-state index contributed by atoms with van der Waals surface area (Å²) in [6, 6.07) is 13.4. The van der Waals surface area contributed by atoms with Crippen molar-refractivity contribution < 1.29 is 23.5 Å². The number of carbonyl (C=O) groups excluding carboxylic acids is 3. The molecule has 3 amide bonds. The Kier molecular flexibility index (Phi) is 7.33. The van der Waals surface area contributed by atoms with Crippen LogP contribution >= 0.6 is 0 Å². The van der Waals surface area contributed by atoms with Gasteiger partial charge in [-0.15, -0.1) is 0 Å². The van der Waals surface area contributed by atoms with Crippen LogP contribution in [0, 0.1) is 5.82 Å². The normalized spacial score (nSPS) is 13.5. The summed E-state index contributed by atoms with van der Waals surface area (Å²) in [5, 5.41) is 7.33. The number of amides is 3. The van der Waals surface area contributed by atoms with Crippen molar-refractivity contribution in [2.24, 2.45) is 7.05 Å². The summed E-state index contributed by atoms with van der Waals surface area (Å²) in [6.45, 7) is 2.47. The molecule has 0 saturated carbocycles. The van der Waals surface area contributed by atoms with Gasteiger partial charge < -0.3 is 19.9 Å². The maximum atomic E-state index is 13.5. The molecular formula is C26H28FN5O4. The number of methoxy groups -OCH3 is 1. The second kappa shape index (κ2) is 10.6. The van der Waals surface area contributed by atoms with Crippen molar-refractivity contribution in [3.8, 4) is 0 Å². The SMILES string of the molecule is COC(=O)C(C)NC(=O)N1CCc2c(c(CN(C(=O)c3ccc(F)cc3)c3ccccc3)nn2C)C1. The van der Waals surface area contributed by atoms with Gasteiger partial charge in [0.1, 0.15) is 11.9 Å². The molecule has 0 radical (unpaired) electrons. The first-order chi connectivity index (χ1) is 17.3. The van der Waals surface area contributed by atoms with Gasteiger partial charge >= 0.3 is 12.0 Å². The number of hydrogen-bond donors (Lipinski definition) is 1. The molecule has 36 heavy (non-hydrogen) atoms. The molecule has 4 rings (SSSR count). The monoisotopic (exact) mass is 493 g/mol. The lowest BCUT2D eigenvalue weighted by molar-refractivity contribution is -0.142. The van der Waals surface area contributed by atoms with E-state index in [1.807, 2.05) is 37.4 Å². The number of esters is 1. The van der Waals surface area contributed by atoms with Crippen LogP contribution in [0.3, 0.4) is 0 Å². The molecule has 3 aromatic rings. The number of benzene rings is 2. The number of para-hydroxylation sites is 1. The van der Waals surface area contributed by atoms with E-state index in [4.69, 9.17) is 0 Å². The van der Waals surface area contributed by atoms with E-state index in [1.165, 1.54) is 31.4 Å². The van der Waals surface area contributed by atoms with E-state index in [1.54, 1.807) is 21.4 Å². The Labute approximate surface area is 208 Å². The Morgan fingerprint density at radius 1 is 1.14 bits per heavy atom. The molecule has 1 atom stereocenters. The van der Waals surface area contributed by atoms with Crippen molar-refractivity contribution in [1.82, 2.24) is 20.0 Å². The summed E-state index contributed by atoms with van der Waals surface area (Å²) in [5.74, 6) is -1.24. The van der Waals surface area contributed by atoms with Crippen molar-refractivity contribution >= 4 is 23.6 Å². The fraction of sp³-hybridized carbons (Fsp3) is 0.308. The van der Waals surface area contributed by atoms with Gasteiger partial charge in [-0.25, -0.2) is 14.0 Å². The third-order valence-corrected chi connectivity index (χ3v) is 6.22. The number of halogens is 1. The fourth-order valence-corrected chi connectivity index (χ4v) is 4.27. The van der Waals surface area contributed by atoms with E-state index < -0.39 is 17.8 Å². The molecule has 1 aromatic heterocycles. The topological polar surface area (TPSA) is 96.8 Å². The van der Waals surface area contributed by atoms with E-state index in [0.717, 1.165) is 11.3 Å². The summed E-state index contributed by atoms with van der Waals surface area (Å²) in [4.78, 5) is 41.2. The highest BCUT2D eigenvalue weighted by Gasteiger charge is 2.30. The first-order valence-corrected chi connectivity index (χ1v) is 11.6. The number of hydrogen-bond acceptors (Lipinski definition) is 5. The first-order valence-electron chi connectivity index (χ1n) is 11.6. The summed E-state index contributed by atoms with van der Waals surface area (Å²) in [5.41, 5.74) is 3.52. The van der Waals surface area contributed by atoms with E-state index in [2.05, 4.69) is 15.2 Å². The highest BCUT2D eigenvalue weighted by molar-refractivity contribution is 6.06. The van der Waals surface area contributed by atoms with Gasteiger partial charge in [-0.3, -0.25) is 9.48 Å². The third kappa shape index (κ3) is 5.22. The molecule has 1 unspecified atom stereocenters. The van der Waals surface area contributed by atoms with Gasteiger partial charge in [0.15, 0.2) is 0 Å². The van der Waals surface area contributed by atoms with Crippen LogP contribution in [0.1, 0.15) is 34.2 Å². The minimum atomic E-state index is -0.779. The molecule has 2 heterocycles. The number of nitrogens with one attached hydrogen (secondary N) is 1. The smallest absolute Gasteiger partial charge is 0.328 e. The lowest BCUT2D eigenvalue weighted by atomic mass is 10.0. The predicted octanol–water partition coefficient (Wildman–Crippen LogP) is 3.04. The van der Waals surface area contributed by atoms with Gasteiger partial charge in [-0.05, 0) is 43.3 Å². The average molecular weight is 494 g/mol. The summed E-state index contributed by atoms with van der Waals surface area (Å²) in [6.07, 6.45) is 0.579. The number of aromatic nitrogens is 2. The largest absolute Gasteiger partial charge is 0.467 e. The number of carbonyl (C=O) groups is 3. The zero-order chi connectivity index (χ0) is 25.8. The highest BCUT2D eigenvalue weighted by Crippen LogP contribution is 2.26. The molecule has 0 spiro atoms. The van der Waals surface area contributed by atoms with Crippen LogP contribution in [0.4, 0.5) is 14.9 Å². The number of aryl methyl sites for hydroxylation is 1. The number of urea groups is 1. The first kappa shape index (κ1) is 24.9. The molecule has 1 aliphatic heterocycles. The molecule has 0 bridgehead atoms. The van der Waals surface area contributed by atoms with Crippen LogP contribution in [-0.4, -0.2) is 52.3 Å². The van der Waals surface area contributed by atoms with Crippen LogP contribution in [-0.2, 0) is 36.1 Å². The third-order valence-electron chi connectivity index (χ3n) is 6.22.